The third-order valence-corrected chi connectivity index (χ3v) is 7.97. The minimum atomic E-state index is -3.95. The quantitative estimate of drug-likeness (QED) is 0.597. The van der Waals surface area contributed by atoms with E-state index in [1.807, 2.05) is 4.90 Å². The maximum Gasteiger partial charge on any atom is 0.262 e. The van der Waals surface area contributed by atoms with Crippen LogP contribution in [0.1, 0.15) is 43.0 Å². The van der Waals surface area contributed by atoms with E-state index in [2.05, 4.69) is 16.5 Å². The van der Waals surface area contributed by atoms with Crippen molar-refractivity contribution >= 4 is 33.2 Å². The van der Waals surface area contributed by atoms with Gasteiger partial charge in [0.25, 0.3) is 15.9 Å². The van der Waals surface area contributed by atoms with Crippen LogP contribution in [0.4, 0.5) is 5.69 Å². The Balaban J connectivity index is 1.56. The second kappa shape index (κ2) is 9.91. The number of nitrogens with zero attached hydrogens (tertiary/aromatic N) is 2. The lowest BCUT2D eigenvalue weighted by atomic mass is 10.0. The van der Waals surface area contributed by atoms with Crippen LogP contribution in [0.25, 0.3) is 0 Å². The van der Waals surface area contributed by atoms with Crippen molar-refractivity contribution in [2.75, 3.05) is 31.5 Å². The Labute approximate surface area is 200 Å². The predicted octanol–water partition coefficient (Wildman–Crippen LogP) is 4.24. The fraction of sp³-hybridized carbons (Fsp3) is 0.458. The van der Waals surface area contributed by atoms with Gasteiger partial charge in [-0.05, 0) is 68.6 Å². The van der Waals surface area contributed by atoms with Crippen molar-refractivity contribution in [1.82, 2.24) is 9.80 Å². The van der Waals surface area contributed by atoms with E-state index in [1.165, 1.54) is 25.3 Å². The van der Waals surface area contributed by atoms with Crippen LogP contribution in [0.2, 0.25) is 5.02 Å². The van der Waals surface area contributed by atoms with Gasteiger partial charge in [-0.1, -0.05) is 24.6 Å². The van der Waals surface area contributed by atoms with Gasteiger partial charge in [0.05, 0.1) is 17.7 Å². The van der Waals surface area contributed by atoms with E-state index in [1.54, 1.807) is 24.3 Å². The fourth-order valence-electron chi connectivity index (χ4n) is 4.41. The van der Waals surface area contributed by atoms with Gasteiger partial charge >= 0.3 is 0 Å². The second-order valence-corrected chi connectivity index (χ2v) is 10.7. The van der Waals surface area contributed by atoms with Gasteiger partial charge in [-0.3, -0.25) is 9.52 Å². The summed E-state index contributed by atoms with van der Waals surface area (Å²) in [4.78, 5) is 17.9. The highest BCUT2D eigenvalue weighted by atomic mass is 35.5. The molecule has 1 aliphatic heterocycles. The Morgan fingerprint density at radius 1 is 1.12 bits per heavy atom. The van der Waals surface area contributed by atoms with E-state index in [0.29, 0.717) is 16.3 Å². The first-order valence-electron chi connectivity index (χ1n) is 11.3. The molecule has 1 saturated heterocycles. The smallest absolute Gasteiger partial charge is 0.262 e. The zero-order chi connectivity index (χ0) is 23.6. The van der Waals surface area contributed by atoms with E-state index >= 15 is 0 Å². The molecule has 1 amide bonds. The van der Waals surface area contributed by atoms with Crippen molar-refractivity contribution in [2.45, 2.75) is 49.6 Å². The fourth-order valence-corrected chi connectivity index (χ4v) is 5.68. The molecule has 2 fully saturated rings. The summed E-state index contributed by atoms with van der Waals surface area (Å²) in [5.41, 5.74) is 0.629. The van der Waals surface area contributed by atoms with E-state index in [4.69, 9.17) is 16.3 Å². The number of rotatable bonds is 8. The molecule has 0 unspecified atom stereocenters. The number of methoxy groups -OCH3 is 1. The van der Waals surface area contributed by atoms with Crippen LogP contribution in [0, 0.1) is 0 Å². The monoisotopic (exact) mass is 491 g/mol. The van der Waals surface area contributed by atoms with E-state index in [0.717, 1.165) is 45.3 Å². The Kier molecular flexibility index (Phi) is 7.16. The molecule has 0 spiro atoms. The van der Waals surface area contributed by atoms with Gasteiger partial charge in [0, 0.05) is 35.8 Å². The molecule has 4 rings (SSSR count). The number of sulfonamides is 1. The summed E-state index contributed by atoms with van der Waals surface area (Å²) in [6.07, 6.45) is 3.91. The molecule has 2 aromatic rings. The second-order valence-electron chi connectivity index (χ2n) is 8.59. The maximum absolute atomic E-state index is 13.5. The predicted molar refractivity (Wildman–Crippen MR) is 130 cm³/mol. The molecule has 7 nitrogen and oxygen atoms in total. The number of nitrogens with one attached hydrogen (secondary N) is 1. The third-order valence-electron chi connectivity index (χ3n) is 6.37. The van der Waals surface area contributed by atoms with Gasteiger partial charge in [-0.25, -0.2) is 8.42 Å². The highest BCUT2D eigenvalue weighted by Crippen LogP contribution is 2.34. The molecule has 9 heteroatoms. The number of carbonyl (C=O) groups is 1. The highest BCUT2D eigenvalue weighted by molar-refractivity contribution is 7.92. The topological polar surface area (TPSA) is 79.0 Å². The van der Waals surface area contributed by atoms with Crippen molar-refractivity contribution in [3.05, 3.63) is 53.1 Å². The molecular weight excluding hydrogens is 462 g/mol. The van der Waals surface area contributed by atoms with E-state index in [-0.39, 0.29) is 28.6 Å². The van der Waals surface area contributed by atoms with Gasteiger partial charge in [-0.2, -0.15) is 0 Å². The lowest BCUT2D eigenvalue weighted by Gasteiger charge is -2.38. The SMILES string of the molecule is CCN1CCC(N(C(=O)c2cccc(S(=O)(=O)Nc3cc(Cl)ccc3OC)c2)C2CC2)CC1. The molecule has 1 heterocycles. The molecule has 0 aromatic heterocycles. The molecule has 1 N–H and O–H groups in total. The van der Waals surface area contributed by atoms with Crippen LogP contribution in [-0.2, 0) is 10.0 Å². The molecule has 2 aromatic carbocycles. The number of halogens is 1. The summed E-state index contributed by atoms with van der Waals surface area (Å²) >= 11 is 6.03. The molecule has 0 atom stereocenters. The number of ether oxygens (including phenoxy) is 1. The standard InChI is InChI=1S/C24H30ClN3O4S/c1-3-27-13-11-20(12-14-27)28(19-8-9-19)24(29)17-5-4-6-21(15-17)33(30,31)26-22-16-18(25)7-10-23(22)32-2/h4-7,10,15-16,19-20,26H,3,8-9,11-14H2,1-2H3. The average Bonchev–Trinajstić information content (AvgIpc) is 3.65. The lowest BCUT2D eigenvalue weighted by molar-refractivity contribution is 0.0554. The Hall–Kier alpha value is -2.29. The first kappa shape index (κ1) is 23.9. The van der Waals surface area contributed by atoms with Crippen molar-refractivity contribution in [3.8, 4) is 5.75 Å². The molecule has 1 aliphatic carbocycles. The van der Waals surface area contributed by atoms with Crippen LogP contribution in [0.15, 0.2) is 47.4 Å². The van der Waals surface area contributed by atoms with Crippen molar-refractivity contribution in [3.63, 3.8) is 0 Å². The summed E-state index contributed by atoms with van der Waals surface area (Å²) < 4.78 is 34.0. The van der Waals surface area contributed by atoms with Crippen molar-refractivity contribution < 1.29 is 17.9 Å². The Morgan fingerprint density at radius 2 is 1.82 bits per heavy atom. The Morgan fingerprint density at radius 3 is 2.45 bits per heavy atom. The van der Waals surface area contributed by atoms with Crippen LogP contribution >= 0.6 is 11.6 Å². The molecular formula is C24H30ClN3O4S. The zero-order valence-electron chi connectivity index (χ0n) is 19.0. The summed E-state index contributed by atoms with van der Waals surface area (Å²) in [5, 5.41) is 0.381. The number of benzene rings is 2. The number of anilines is 1. The minimum absolute atomic E-state index is 0.0203. The molecule has 0 bridgehead atoms. The normalized spacial score (nSPS) is 17.5. The summed E-state index contributed by atoms with van der Waals surface area (Å²) in [7, 11) is -2.49. The van der Waals surface area contributed by atoms with Gasteiger partial charge in [0.15, 0.2) is 0 Å². The number of carbonyl (C=O) groups excluding carboxylic acids is 1. The highest BCUT2D eigenvalue weighted by Gasteiger charge is 2.39. The van der Waals surface area contributed by atoms with Crippen LogP contribution in [-0.4, -0.2) is 63.0 Å². The number of hydrogen-bond donors (Lipinski definition) is 1. The van der Waals surface area contributed by atoms with Crippen LogP contribution < -0.4 is 9.46 Å². The Bertz CT molecular complexity index is 1110. The molecule has 0 radical (unpaired) electrons. The molecule has 2 aliphatic rings. The van der Waals surface area contributed by atoms with Crippen molar-refractivity contribution in [1.29, 1.82) is 0 Å². The zero-order valence-corrected chi connectivity index (χ0v) is 20.5. The third kappa shape index (κ3) is 5.45. The average molecular weight is 492 g/mol. The largest absolute Gasteiger partial charge is 0.495 e. The van der Waals surface area contributed by atoms with E-state index in [9.17, 15) is 13.2 Å². The van der Waals surface area contributed by atoms with Gasteiger partial charge in [-0.15, -0.1) is 0 Å². The van der Waals surface area contributed by atoms with Gasteiger partial charge < -0.3 is 14.5 Å². The molecule has 1 saturated carbocycles. The van der Waals surface area contributed by atoms with Crippen LogP contribution in [0.3, 0.4) is 0 Å². The lowest BCUT2D eigenvalue weighted by Crippen LogP contribution is -2.48. The number of amides is 1. The molecule has 33 heavy (non-hydrogen) atoms. The maximum atomic E-state index is 13.5. The first-order chi connectivity index (χ1) is 15.8. The minimum Gasteiger partial charge on any atom is -0.495 e. The van der Waals surface area contributed by atoms with E-state index < -0.39 is 10.0 Å². The number of hydrogen-bond acceptors (Lipinski definition) is 5. The summed E-state index contributed by atoms with van der Waals surface area (Å²) in [6, 6.07) is 11.4. The summed E-state index contributed by atoms with van der Waals surface area (Å²) in [6.45, 7) is 5.15. The molecule has 178 valence electrons. The number of likely N-dealkylation sites (tertiary alicyclic amines) is 1. The van der Waals surface area contributed by atoms with Crippen molar-refractivity contribution in [2.24, 2.45) is 0 Å². The van der Waals surface area contributed by atoms with Crippen LogP contribution in [0.5, 0.6) is 5.75 Å². The van der Waals surface area contributed by atoms with Gasteiger partial charge in [0.2, 0.25) is 0 Å². The number of piperidine rings is 1. The first-order valence-corrected chi connectivity index (χ1v) is 13.2. The van der Waals surface area contributed by atoms with Gasteiger partial charge in [0.1, 0.15) is 5.75 Å². The summed E-state index contributed by atoms with van der Waals surface area (Å²) in [5.74, 6) is 0.262.